The number of thiazole rings is 1. The number of carbonyl (C=O) groups is 1. The Kier molecular flexibility index (Phi) is 4.46. The summed E-state index contributed by atoms with van der Waals surface area (Å²) in [5.41, 5.74) is 1.23. The molecule has 0 saturated carbocycles. The molecule has 0 aliphatic heterocycles. The van der Waals surface area contributed by atoms with E-state index in [-0.39, 0.29) is 11.9 Å². The number of para-hydroxylation sites is 1. The van der Waals surface area contributed by atoms with Gasteiger partial charge in [0, 0.05) is 11.5 Å². The summed E-state index contributed by atoms with van der Waals surface area (Å²) in [7, 11) is 1.70. The molecule has 0 aliphatic carbocycles. The Morgan fingerprint density at radius 1 is 1.30 bits per heavy atom. The number of amides is 1. The first-order chi connectivity index (χ1) is 11.0. The van der Waals surface area contributed by atoms with Gasteiger partial charge >= 0.3 is 0 Å². The highest BCUT2D eigenvalue weighted by Gasteiger charge is 2.23. The Balaban J connectivity index is 1.90. The van der Waals surface area contributed by atoms with Crippen molar-refractivity contribution in [2.24, 2.45) is 0 Å². The monoisotopic (exact) mass is 392 g/mol. The van der Waals surface area contributed by atoms with Crippen LogP contribution in [0.15, 0.2) is 46.9 Å². The van der Waals surface area contributed by atoms with E-state index in [1.54, 1.807) is 29.4 Å². The van der Waals surface area contributed by atoms with Crippen molar-refractivity contribution in [3.8, 4) is 0 Å². The lowest BCUT2D eigenvalue weighted by atomic mass is 10.1. The molecule has 2 aromatic carbocycles. The Bertz CT molecular complexity index is 847. The van der Waals surface area contributed by atoms with Crippen LogP contribution in [0.3, 0.4) is 0 Å². The zero-order chi connectivity index (χ0) is 16.6. The summed E-state index contributed by atoms with van der Waals surface area (Å²) in [5.74, 6) is -0.680. The third-order valence-electron chi connectivity index (χ3n) is 3.73. The van der Waals surface area contributed by atoms with E-state index >= 15 is 0 Å². The van der Waals surface area contributed by atoms with E-state index in [9.17, 15) is 9.18 Å². The highest BCUT2D eigenvalue weighted by molar-refractivity contribution is 9.10. The van der Waals surface area contributed by atoms with Gasteiger partial charge in [0.15, 0.2) is 0 Å². The SMILES string of the molecule is C[C@@H](c1nc2ccccc2s1)N(C)C(=O)c1cc(F)ccc1Br. The Morgan fingerprint density at radius 2 is 2.04 bits per heavy atom. The molecule has 3 aromatic rings. The number of rotatable bonds is 3. The van der Waals surface area contributed by atoms with Crippen LogP contribution in [0.2, 0.25) is 0 Å². The van der Waals surface area contributed by atoms with Crippen molar-refractivity contribution in [2.45, 2.75) is 13.0 Å². The van der Waals surface area contributed by atoms with Crippen LogP contribution in [-0.4, -0.2) is 22.8 Å². The molecule has 0 bridgehead atoms. The largest absolute Gasteiger partial charge is 0.332 e. The quantitative estimate of drug-likeness (QED) is 0.625. The first kappa shape index (κ1) is 16.1. The van der Waals surface area contributed by atoms with Crippen LogP contribution in [-0.2, 0) is 0 Å². The van der Waals surface area contributed by atoms with Crippen LogP contribution >= 0.6 is 27.3 Å². The van der Waals surface area contributed by atoms with Crippen molar-refractivity contribution in [1.29, 1.82) is 0 Å². The molecule has 3 rings (SSSR count). The van der Waals surface area contributed by atoms with Crippen molar-refractivity contribution in [3.05, 3.63) is 63.3 Å². The molecule has 0 spiro atoms. The summed E-state index contributed by atoms with van der Waals surface area (Å²) >= 11 is 4.87. The predicted molar refractivity (Wildman–Crippen MR) is 94.2 cm³/mol. The van der Waals surface area contributed by atoms with Crippen LogP contribution in [0.4, 0.5) is 4.39 Å². The average Bonchev–Trinajstić information content (AvgIpc) is 2.99. The van der Waals surface area contributed by atoms with Crippen LogP contribution < -0.4 is 0 Å². The van der Waals surface area contributed by atoms with Crippen LogP contribution in [0.5, 0.6) is 0 Å². The van der Waals surface area contributed by atoms with Crippen molar-refractivity contribution in [3.63, 3.8) is 0 Å². The fraction of sp³-hybridized carbons (Fsp3) is 0.176. The normalized spacial score (nSPS) is 12.3. The molecule has 0 N–H and O–H groups in total. The molecule has 0 unspecified atom stereocenters. The van der Waals surface area contributed by atoms with E-state index in [4.69, 9.17) is 0 Å². The maximum absolute atomic E-state index is 13.4. The fourth-order valence-electron chi connectivity index (χ4n) is 2.26. The van der Waals surface area contributed by atoms with Crippen molar-refractivity contribution < 1.29 is 9.18 Å². The molecule has 6 heteroatoms. The number of aromatic nitrogens is 1. The maximum Gasteiger partial charge on any atom is 0.255 e. The lowest BCUT2D eigenvalue weighted by Gasteiger charge is -2.23. The lowest BCUT2D eigenvalue weighted by molar-refractivity contribution is 0.0741. The molecule has 0 saturated heterocycles. The highest BCUT2D eigenvalue weighted by atomic mass is 79.9. The molecule has 23 heavy (non-hydrogen) atoms. The zero-order valence-electron chi connectivity index (χ0n) is 12.6. The maximum atomic E-state index is 13.4. The first-order valence-electron chi connectivity index (χ1n) is 7.05. The minimum atomic E-state index is -0.433. The summed E-state index contributed by atoms with van der Waals surface area (Å²) in [5, 5.41) is 0.856. The van der Waals surface area contributed by atoms with Crippen LogP contribution in [0.1, 0.15) is 28.3 Å². The van der Waals surface area contributed by atoms with Gasteiger partial charge in [-0.15, -0.1) is 11.3 Å². The van der Waals surface area contributed by atoms with Gasteiger partial charge < -0.3 is 4.90 Å². The van der Waals surface area contributed by atoms with Gasteiger partial charge in [0.2, 0.25) is 0 Å². The van der Waals surface area contributed by atoms with Gasteiger partial charge in [-0.2, -0.15) is 0 Å². The van der Waals surface area contributed by atoms with Gasteiger partial charge in [0.1, 0.15) is 10.8 Å². The number of benzene rings is 2. The summed E-state index contributed by atoms with van der Waals surface area (Å²) in [6.07, 6.45) is 0. The number of hydrogen-bond donors (Lipinski definition) is 0. The molecule has 1 heterocycles. The molecule has 0 radical (unpaired) electrons. The molecule has 1 atom stereocenters. The second kappa shape index (κ2) is 6.37. The number of hydrogen-bond acceptors (Lipinski definition) is 3. The standard InChI is InChI=1S/C17H14BrFN2OS/c1-10(16-20-14-5-3-4-6-15(14)23-16)21(2)17(22)12-9-11(19)7-8-13(12)18/h3-10H,1-2H3/t10-/m0/s1. The summed E-state index contributed by atoms with van der Waals surface area (Å²) in [6.45, 7) is 1.92. The molecule has 1 aromatic heterocycles. The topological polar surface area (TPSA) is 33.2 Å². The molecule has 1 amide bonds. The Morgan fingerprint density at radius 3 is 2.78 bits per heavy atom. The molecule has 0 aliphatic rings. The van der Waals surface area contributed by atoms with Crippen LogP contribution in [0, 0.1) is 5.82 Å². The van der Waals surface area contributed by atoms with Crippen molar-refractivity contribution in [2.75, 3.05) is 7.05 Å². The van der Waals surface area contributed by atoms with E-state index in [0.29, 0.717) is 10.0 Å². The molecule has 3 nitrogen and oxygen atoms in total. The number of nitrogens with zero attached hydrogens (tertiary/aromatic N) is 2. The average molecular weight is 393 g/mol. The van der Waals surface area contributed by atoms with Crippen molar-refractivity contribution in [1.82, 2.24) is 9.88 Å². The fourth-order valence-corrected chi connectivity index (χ4v) is 3.74. The van der Waals surface area contributed by atoms with Gasteiger partial charge in [0.05, 0.1) is 21.8 Å². The summed E-state index contributed by atoms with van der Waals surface area (Å²) in [6, 6.07) is 11.8. The Labute approximate surface area is 145 Å². The lowest BCUT2D eigenvalue weighted by Crippen LogP contribution is -2.30. The van der Waals surface area contributed by atoms with E-state index in [2.05, 4.69) is 20.9 Å². The third kappa shape index (κ3) is 3.14. The van der Waals surface area contributed by atoms with Crippen molar-refractivity contribution >= 4 is 43.4 Å². The third-order valence-corrected chi connectivity index (χ3v) is 5.63. The number of halogens is 2. The number of fused-ring (bicyclic) bond motifs is 1. The minimum Gasteiger partial charge on any atom is -0.332 e. The Hall–Kier alpha value is -1.79. The zero-order valence-corrected chi connectivity index (χ0v) is 15.0. The molecular weight excluding hydrogens is 379 g/mol. The molecule has 118 valence electrons. The summed E-state index contributed by atoms with van der Waals surface area (Å²) < 4.78 is 15.1. The molecular formula is C17H14BrFN2OS. The van der Waals surface area contributed by atoms with E-state index in [1.165, 1.54) is 12.1 Å². The van der Waals surface area contributed by atoms with E-state index in [0.717, 1.165) is 15.2 Å². The van der Waals surface area contributed by atoms with Gasteiger partial charge in [-0.1, -0.05) is 12.1 Å². The smallest absolute Gasteiger partial charge is 0.255 e. The van der Waals surface area contributed by atoms with Crippen LogP contribution in [0.25, 0.3) is 10.2 Å². The minimum absolute atomic E-state index is 0.199. The van der Waals surface area contributed by atoms with Gasteiger partial charge in [-0.25, -0.2) is 9.37 Å². The summed E-state index contributed by atoms with van der Waals surface area (Å²) in [4.78, 5) is 18.8. The van der Waals surface area contributed by atoms with Gasteiger partial charge in [-0.05, 0) is 53.2 Å². The molecule has 0 fully saturated rings. The van der Waals surface area contributed by atoms with E-state index in [1.807, 2.05) is 31.2 Å². The van der Waals surface area contributed by atoms with Gasteiger partial charge in [0.25, 0.3) is 5.91 Å². The second-order valence-corrected chi connectivity index (χ2v) is 7.15. The second-order valence-electron chi connectivity index (χ2n) is 5.24. The van der Waals surface area contributed by atoms with E-state index < -0.39 is 5.82 Å². The predicted octanol–water partition coefficient (Wildman–Crippen LogP) is 5.03. The number of carbonyl (C=O) groups excluding carboxylic acids is 1. The highest BCUT2D eigenvalue weighted by Crippen LogP contribution is 2.30. The van der Waals surface area contributed by atoms with Gasteiger partial charge in [-0.3, -0.25) is 4.79 Å². The first-order valence-corrected chi connectivity index (χ1v) is 8.66.